The summed E-state index contributed by atoms with van der Waals surface area (Å²) in [5, 5.41) is 10.9. The Labute approximate surface area is 197 Å². The summed E-state index contributed by atoms with van der Waals surface area (Å²) in [6, 6.07) is 9.61. The van der Waals surface area contributed by atoms with Crippen molar-refractivity contribution in [2.45, 2.75) is 0 Å². The highest BCUT2D eigenvalue weighted by molar-refractivity contribution is 8.18. The predicted molar refractivity (Wildman–Crippen MR) is 120 cm³/mol. The molecule has 2 aromatic carbocycles. The third kappa shape index (κ3) is 4.91. The van der Waals surface area contributed by atoms with Crippen LogP contribution in [-0.2, 0) is 14.4 Å². The number of methoxy groups -OCH3 is 1. The molecule has 0 atom stereocenters. The molecule has 0 saturated carbocycles. The molecule has 2 aliphatic rings. The molecule has 12 heteroatoms. The zero-order valence-electron chi connectivity index (χ0n) is 17.7. The lowest BCUT2D eigenvalue weighted by Crippen LogP contribution is -2.36. The topological polar surface area (TPSA) is 141 Å². The van der Waals surface area contributed by atoms with Gasteiger partial charge in [-0.25, -0.2) is 4.79 Å². The van der Waals surface area contributed by atoms with E-state index in [2.05, 4.69) is 5.32 Å². The van der Waals surface area contributed by atoms with E-state index in [9.17, 15) is 19.2 Å². The molecule has 0 radical (unpaired) electrons. The number of carbonyl (C=O) groups excluding carboxylic acids is 3. The summed E-state index contributed by atoms with van der Waals surface area (Å²) >= 11 is 0.657. The van der Waals surface area contributed by atoms with Crippen LogP contribution < -0.4 is 24.3 Å². The van der Waals surface area contributed by atoms with Gasteiger partial charge in [0.2, 0.25) is 12.7 Å². The highest BCUT2D eigenvalue weighted by Crippen LogP contribution is 2.38. The second kappa shape index (κ2) is 9.75. The van der Waals surface area contributed by atoms with E-state index in [4.69, 9.17) is 24.1 Å². The molecule has 4 rings (SSSR count). The quantitative estimate of drug-likeness (QED) is 0.535. The van der Waals surface area contributed by atoms with Gasteiger partial charge < -0.3 is 29.4 Å². The van der Waals surface area contributed by atoms with Gasteiger partial charge in [-0.15, -0.1) is 0 Å². The van der Waals surface area contributed by atoms with E-state index in [1.165, 1.54) is 13.2 Å². The minimum Gasteiger partial charge on any atom is -0.493 e. The molecule has 0 aliphatic carbocycles. The van der Waals surface area contributed by atoms with Crippen LogP contribution in [0.2, 0.25) is 0 Å². The van der Waals surface area contributed by atoms with Crippen LogP contribution >= 0.6 is 11.8 Å². The summed E-state index contributed by atoms with van der Waals surface area (Å²) in [5.41, 5.74) is 0.768. The Morgan fingerprint density at radius 3 is 2.76 bits per heavy atom. The van der Waals surface area contributed by atoms with E-state index >= 15 is 0 Å². The number of benzene rings is 2. The van der Waals surface area contributed by atoms with Crippen LogP contribution in [0.1, 0.15) is 5.56 Å². The Morgan fingerprint density at radius 2 is 2.00 bits per heavy atom. The van der Waals surface area contributed by atoms with E-state index in [-0.39, 0.29) is 23.2 Å². The van der Waals surface area contributed by atoms with Gasteiger partial charge in [-0.3, -0.25) is 19.3 Å². The summed E-state index contributed by atoms with van der Waals surface area (Å²) in [6.07, 6.45) is 1.39. The van der Waals surface area contributed by atoms with Crippen LogP contribution in [0.25, 0.3) is 6.08 Å². The molecule has 1 fully saturated rings. The minimum atomic E-state index is -1.19. The number of nitrogens with one attached hydrogen (secondary N) is 1. The van der Waals surface area contributed by atoms with Crippen molar-refractivity contribution in [3.8, 4) is 23.0 Å². The summed E-state index contributed by atoms with van der Waals surface area (Å²) in [6.45, 7) is -1.02. The number of para-hydroxylation sites is 1. The average Bonchev–Trinajstić information content (AvgIpc) is 3.37. The number of hydrogen-bond acceptors (Lipinski definition) is 9. The number of amides is 3. The van der Waals surface area contributed by atoms with Crippen LogP contribution in [0, 0.1) is 0 Å². The van der Waals surface area contributed by atoms with Crippen molar-refractivity contribution in [2.75, 3.05) is 32.4 Å². The maximum Gasteiger partial charge on any atom is 0.341 e. The first kappa shape index (κ1) is 23.0. The third-order valence-corrected chi connectivity index (χ3v) is 5.59. The molecule has 1 saturated heterocycles. The smallest absolute Gasteiger partial charge is 0.341 e. The van der Waals surface area contributed by atoms with Crippen LogP contribution in [0.4, 0.5) is 10.5 Å². The van der Waals surface area contributed by atoms with E-state index in [0.717, 1.165) is 4.90 Å². The molecule has 2 aliphatic heterocycles. The standard InChI is InChI=1S/C22H18N2O9S/c1-30-15-4-2-3-12(20(15)31-10-19(26)27)7-17-21(28)24(22(29)34-17)9-18(25)23-13-5-6-14-16(8-13)33-11-32-14/h2-8H,9-11H2,1H3,(H,23,25)(H,26,27)/b17-7-. The van der Waals surface area contributed by atoms with E-state index in [1.54, 1.807) is 36.4 Å². The average molecular weight is 486 g/mol. The lowest BCUT2D eigenvalue weighted by Gasteiger charge is -2.13. The Bertz CT molecular complexity index is 1210. The van der Waals surface area contributed by atoms with Gasteiger partial charge in [0, 0.05) is 17.3 Å². The molecule has 2 heterocycles. The summed E-state index contributed by atoms with van der Waals surface area (Å²) < 4.78 is 21.0. The molecule has 176 valence electrons. The molecule has 3 amide bonds. The van der Waals surface area contributed by atoms with Gasteiger partial charge in [0.15, 0.2) is 29.6 Å². The van der Waals surface area contributed by atoms with Crippen molar-refractivity contribution >= 4 is 46.5 Å². The highest BCUT2D eigenvalue weighted by atomic mass is 32.2. The van der Waals surface area contributed by atoms with Crippen molar-refractivity contribution in [1.29, 1.82) is 0 Å². The molecular weight excluding hydrogens is 468 g/mol. The monoisotopic (exact) mass is 486 g/mol. The number of imide groups is 1. The molecule has 0 aromatic heterocycles. The van der Waals surface area contributed by atoms with Gasteiger partial charge in [-0.05, 0) is 36.0 Å². The molecule has 0 unspecified atom stereocenters. The van der Waals surface area contributed by atoms with Crippen molar-refractivity contribution in [3.63, 3.8) is 0 Å². The number of ether oxygens (including phenoxy) is 4. The second-order valence-electron chi connectivity index (χ2n) is 6.95. The molecule has 0 bridgehead atoms. The molecule has 34 heavy (non-hydrogen) atoms. The fraction of sp³-hybridized carbons (Fsp3) is 0.182. The van der Waals surface area contributed by atoms with Gasteiger partial charge >= 0.3 is 5.97 Å². The molecular formula is C22H18N2O9S. The lowest BCUT2D eigenvalue weighted by molar-refractivity contribution is -0.139. The fourth-order valence-electron chi connectivity index (χ4n) is 3.19. The molecule has 11 nitrogen and oxygen atoms in total. The van der Waals surface area contributed by atoms with E-state index in [1.807, 2.05) is 0 Å². The maximum absolute atomic E-state index is 12.8. The zero-order valence-corrected chi connectivity index (χ0v) is 18.5. The SMILES string of the molecule is COc1cccc(/C=C2\SC(=O)N(CC(=O)Nc3ccc4c(c3)OCO4)C2=O)c1OCC(=O)O. The Kier molecular flexibility index (Phi) is 6.59. The van der Waals surface area contributed by atoms with Crippen LogP contribution in [0.3, 0.4) is 0 Å². The Hall–Kier alpha value is -4.19. The lowest BCUT2D eigenvalue weighted by atomic mass is 10.1. The number of anilines is 1. The number of rotatable bonds is 8. The number of carboxylic acids is 1. The van der Waals surface area contributed by atoms with Gasteiger partial charge in [0.1, 0.15) is 6.54 Å². The Balaban J connectivity index is 1.48. The van der Waals surface area contributed by atoms with Gasteiger partial charge in [-0.2, -0.15) is 0 Å². The highest BCUT2D eigenvalue weighted by Gasteiger charge is 2.36. The number of carbonyl (C=O) groups is 4. The summed E-state index contributed by atoms with van der Waals surface area (Å²) in [7, 11) is 1.39. The largest absolute Gasteiger partial charge is 0.493 e. The van der Waals surface area contributed by atoms with Crippen LogP contribution in [-0.4, -0.2) is 60.1 Å². The molecule has 0 spiro atoms. The Morgan fingerprint density at radius 1 is 1.21 bits per heavy atom. The fourth-order valence-corrected chi connectivity index (χ4v) is 4.02. The molecule has 2 aromatic rings. The third-order valence-electron chi connectivity index (χ3n) is 4.69. The van der Waals surface area contributed by atoms with E-state index < -0.39 is 36.2 Å². The van der Waals surface area contributed by atoms with Crippen molar-refractivity contribution < 1.29 is 43.2 Å². The summed E-state index contributed by atoms with van der Waals surface area (Å²) in [5.74, 6) is -1.02. The number of fused-ring (bicyclic) bond motifs is 1. The van der Waals surface area contributed by atoms with Crippen molar-refractivity contribution in [3.05, 3.63) is 46.9 Å². The first-order chi connectivity index (χ1) is 16.4. The normalized spacial score (nSPS) is 15.6. The zero-order chi connectivity index (χ0) is 24.2. The number of hydrogen-bond donors (Lipinski definition) is 2. The molecule has 2 N–H and O–H groups in total. The van der Waals surface area contributed by atoms with Gasteiger partial charge in [-0.1, -0.05) is 12.1 Å². The first-order valence-corrected chi connectivity index (χ1v) is 10.6. The predicted octanol–water partition coefficient (Wildman–Crippen LogP) is 2.56. The van der Waals surface area contributed by atoms with Crippen molar-refractivity contribution in [1.82, 2.24) is 4.90 Å². The van der Waals surface area contributed by atoms with Crippen molar-refractivity contribution in [2.24, 2.45) is 0 Å². The second-order valence-corrected chi connectivity index (χ2v) is 7.94. The summed E-state index contributed by atoms with van der Waals surface area (Å²) in [4.78, 5) is 49.5. The number of aliphatic carboxylic acids is 1. The number of carboxylic acid groups (broad SMARTS) is 1. The van der Waals surface area contributed by atoms with Crippen LogP contribution in [0.15, 0.2) is 41.3 Å². The van der Waals surface area contributed by atoms with Gasteiger partial charge in [0.05, 0.1) is 12.0 Å². The first-order valence-electron chi connectivity index (χ1n) is 9.82. The van der Waals surface area contributed by atoms with E-state index in [0.29, 0.717) is 34.5 Å². The number of thioether (sulfide) groups is 1. The van der Waals surface area contributed by atoms with Crippen LogP contribution in [0.5, 0.6) is 23.0 Å². The maximum atomic E-state index is 12.8. The minimum absolute atomic E-state index is 0.0503. The van der Waals surface area contributed by atoms with Gasteiger partial charge in [0.25, 0.3) is 11.1 Å². The number of nitrogens with zero attached hydrogens (tertiary/aromatic N) is 1.